The second kappa shape index (κ2) is 4.12. The first-order valence-corrected chi connectivity index (χ1v) is 4.44. The average Bonchev–Trinajstić information content (AvgIpc) is 2.16. The van der Waals surface area contributed by atoms with E-state index < -0.39 is 0 Å². The Morgan fingerprint density at radius 1 is 1.33 bits per heavy atom. The van der Waals surface area contributed by atoms with Gasteiger partial charge in [-0.25, -0.2) is 0 Å². The third kappa shape index (κ3) is 2.55. The smallest absolute Gasteiger partial charge is 0.192 e. The Kier molecular flexibility index (Phi) is 3.11. The van der Waals surface area contributed by atoms with E-state index in [0.29, 0.717) is 0 Å². The first-order valence-electron chi connectivity index (χ1n) is 3.63. The first-order chi connectivity index (χ1) is 5.70. The van der Waals surface area contributed by atoms with Crippen LogP contribution in [0.5, 0.6) is 0 Å². The minimum absolute atomic E-state index is 0.0491. The van der Waals surface area contributed by atoms with E-state index >= 15 is 0 Å². The van der Waals surface area contributed by atoms with Crippen molar-refractivity contribution in [3.63, 3.8) is 0 Å². The van der Waals surface area contributed by atoms with Crippen molar-refractivity contribution in [1.82, 2.24) is 0 Å². The molecule has 0 unspecified atom stereocenters. The van der Waals surface area contributed by atoms with E-state index in [1.807, 2.05) is 25.1 Å². The molecule has 0 saturated carbocycles. The van der Waals surface area contributed by atoms with Gasteiger partial charge in [-0.15, -0.1) is 0 Å². The van der Waals surface area contributed by atoms with Gasteiger partial charge in [0.05, 0.1) is 4.90 Å². The summed E-state index contributed by atoms with van der Waals surface area (Å²) in [5, 5.41) is 0. The molecule has 0 N–H and O–H groups in total. The van der Waals surface area contributed by atoms with Gasteiger partial charge in [0.2, 0.25) is 0 Å². The predicted molar refractivity (Wildman–Crippen MR) is 53.4 cm³/mol. The Bertz CT molecular complexity index is 344. The van der Waals surface area contributed by atoms with Gasteiger partial charge in [-0.1, -0.05) is 36.5 Å². The summed E-state index contributed by atoms with van der Waals surface area (Å²) in [6, 6.07) is 8.80. The van der Waals surface area contributed by atoms with Gasteiger partial charge in [0, 0.05) is 0 Å². The molecule has 1 rings (SSSR count). The number of allylic oxidation sites excluding steroid dienone is 1. The maximum atomic E-state index is 11.3. The van der Waals surface area contributed by atoms with Gasteiger partial charge < -0.3 is 0 Å². The largest absolute Gasteiger partial charge is 0.289 e. The summed E-state index contributed by atoms with van der Waals surface area (Å²) in [7, 11) is 0. The number of rotatable bonds is 2. The number of thioether (sulfide) groups is 1. The number of hydrogen-bond donors (Lipinski definition) is 0. The molecule has 12 heavy (non-hydrogen) atoms. The lowest BCUT2D eigenvalue weighted by Gasteiger charge is -1.93. The SMILES string of the molecule is C=C(C)Sc1cccccc1=O. The Balaban J connectivity index is 3.09. The van der Waals surface area contributed by atoms with Gasteiger partial charge in [-0.3, -0.25) is 4.79 Å². The van der Waals surface area contributed by atoms with Gasteiger partial charge in [0.1, 0.15) is 0 Å². The Hall–Kier alpha value is -1.02. The second-order valence-corrected chi connectivity index (χ2v) is 3.78. The number of hydrogen-bond acceptors (Lipinski definition) is 2. The van der Waals surface area contributed by atoms with Crippen LogP contribution in [0.4, 0.5) is 0 Å². The van der Waals surface area contributed by atoms with Crippen LogP contribution in [-0.2, 0) is 0 Å². The van der Waals surface area contributed by atoms with Crippen molar-refractivity contribution < 1.29 is 0 Å². The van der Waals surface area contributed by atoms with Crippen LogP contribution in [0.3, 0.4) is 0 Å². The quantitative estimate of drug-likeness (QED) is 0.648. The van der Waals surface area contributed by atoms with Gasteiger partial charge in [0.25, 0.3) is 0 Å². The highest BCUT2D eigenvalue weighted by molar-refractivity contribution is 8.03. The topological polar surface area (TPSA) is 17.1 Å². The third-order valence-electron chi connectivity index (χ3n) is 1.24. The molecule has 1 nitrogen and oxygen atoms in total. The van der Waals surface area contributed by atoms with Crippen molar-refractivity contribution >= 4 is 11.8 Å². The zero-order chi connectivity index (χ0) is 8.97. The molecule has 0 saturated heterocycles. The summed E-state index contributed by atoms with van der Waals surface area (Å²) < 4.78 is 0. The average molecular weight is 178 g/mol. The molecule has 0 aliphatic carbocycles. The summed E-state index contributed by atoms with van der Waals surface area (Å²) in [4.78, 5) is 13.0. The van der Waals surface area contributed by atoms with Crippen molar-refractivity contribution in [1.29, 1.82) is 0 Å². The molecular weight excluding hydrogens is 168 g/mol. The Morgan fingerprint density at radius 3 is 2.67 bits per heavy atom. The summed E-state index contributed by atoms with van der Waals surface area (Å²) >= 11 is 1.41. The van der Waals surface area contributed by atoms with Crippen LogP contribution in [-0.4, -0.2) is 0 Å². The van der Waals surface area contributed by atoms with Crippen molar-refractivity contribution in [3.05, 3.63) is 52.0 Å². The molecule has 1 aromatic carbocycles. The molecule has 0 aliphatic rings. The van der Waals surface area contributed by atoms with E-state index in [9.17, 15) is 4.79 Å². The Labute approximate surface area is 76.1 Å². The lowest BCUT2D eigenvalue weighted by atomic mass is 10.5. The van der Waals surface area contributed by atoms with Crippen LogP contribution in [0.1, 0.15) is 6.92 Å². The summed E-state index contributed by atoms with van der Waals surface area (Å²) in [5.74, 6) is 0. The summed E-state index contributed by atoms with van der Waals surface area (Å²) in [5.41, 5.74) is 0.0491. The van der Waals surface area contributed by atoms with Gasteiger partial charge in [-0.05, 0) is 24.0 Å². The summed E-state index contributed by atoms with van der Waals surface area (Å²) in [6.45, 7) is 5.62. The molecule has 0 aliphatic heterocycles. The fourth-order valence-electron chi connectivity index (χ4n) is 0.786. The van der Waals surface area contributed by atoms with E-state index in [4.69, 9.17) is 0 Å². The molecule has 0 atom stereocenters. The van der Waals surface area contributed by atoms with E-state index in [0.717, 1.165) is 9.80 Å². The second-order valence-electron chi connectivity index (χ2n) is 2.44. The molecule has 0 radical (unpaired) electrons. The zero-order valence-corrected chi connectivity index (χ0v) is 7.73. The van der Waals surface area contributed by atoms with E-state index in [-0.39, 0.29) is 5.43 Å². The monoisotopic (exact) mass is 178 g/mol. The molecule has 0 heterocycles. The van der Waals surface area contributed by atoms with E-state index in [1.165, 1.54) is 11.8 Å². The molecule has 0 fully saturated rings. The predicted octanol–water partition coefficient (Wildman–Crippen LogP) is 2.67. The fraction of sp³-hybridized carbons (Fsp3) is 0.100. The highest BCUT2D eigenvalue weighted by Crippen LogP contribution is 2.20. The zero-order valence-electron chi connectivity index (χ0n) is 6.91. The van der Waals surface area contributed by atoms with E-state index in [1.54, 1.807) is 12.1 Å². The molecule has 1 aromatic rings. The maximum absolute atomic E-state index is 11.3. The van der Waals surface area contributed by atoms with Crippen LogP contribution >= 0.6 is 11.8 Å². The minimum atomic E-state index is 0.0491. The van der Waals surface area contributed by atoms with Crippen molar-refractivity contribution in [2.24, 2.45) is 0 Å². The third-order valence-corrected chi connectivity index (χ3v) is 2.15. The maximum Gasteiger partial charge on any atom is 0.192 e. The lowest BCUT2D eigenvalue weighted by Crippen LogP contribution is -1.96. The van der Waals surface area contributed by atoms with E-state index in [2.05, 4.69) is 6.58 Å². The molecular formula is C10H10OS. The Morgan fingerprint density at radius 2 is 2.00 bits per heavy atom. The van der Waals surface area contributed by atoms with Crippen LogP contribution in [0.2, 0.25) is 0 Å². The highest BCUT2D eigenvalue weighted by Gasteiger charge is 1.95. The van der Waals surface area contributed by atoms with Crippen LogP contribution in [0, 0.1) is 0 Å². The van der Waals surface area contributed by atoms with Crippen molar-refractivity contribution in [2.75, 3.05) is 0 Å². The summed E-state index contributed by atoms with van der Waals surface area (Å²) in [6.07, 6.45) is 0. The molecule has 0 spiro atoms. The highest BCUT2D eigenvalue weighted by atomic mass is 32.2. The van der Waals surface area contributed by atoms with Gasteiger partial charge in [0.15, 0.2) is 5.43 Å². The molecule has 0 bridgehead atoms. The van der Waals surface area contributed by atoms with Crippen molar-refractivity contribution in [3.8, 4) is 0 Å². The van der Waals surface area contributed by atoms with Crippen LogP contribution in [0.15, 0.2) is 51.5 Å². The standard InChI is InChI=1S/C10H10OS/c1-8(2)12-10-7-5-3-4-6-9(10)11/h3-7H,1H2,2H3. The molecule has 0 amide bonds. The van der Waals surface area contributed by atoms with Gasteiger partial charge in [-0.2, -0.15) is 0 Å². The normalized spacial score (nSPS) is 9.42. The fourth-order valence-corrected chi connectivity index (χ4v) is 1.48. The molecule has 0 aromatic heterocycles. The molecule has 62 valence electrons. The van der Waals surface area contributed by atoms with Crippen molar-refractivity contribution in [2.45, 2.75) is 11.8 Å². The van der Waals surface area contributed by atoms with Crippen LogP contribution < -0.4 is 5.43 Å². The van der Waals surface area contributed by atoms with Crippen LogP contribution in [0.25, 0.3) is 0 Å². The minimum Gasteiger partial charge on any atom is -0.289 e. The first kappa shape index (κ1) is 9.07. The lowest BCUT2D eigenvalue weighted by molar-refractivity contribution is 1.41. The van der Waals surface area contributed by atoms with Gasteiger partial charge >= 0.3 is 0 Å². The molecule has 2 heteroatoms.